The Morgan fingerprint density at radius 1 is 1.30 bits per heavy atom. The third-order valence-corrected chi connectivity index (χ3v) is 4.73. The van der Waals surface area contributed by atoms with Gasteiger partial charge < -0.3 is 10.1 Å². The van der Waals surface area contributed by atoms with Gasteiger partial charge >= 0.3 is 0 Å². The molecule has 3 aromatic rings. The van der Waals surface area contributed by atoms with Gasteiger partial charge in [0.2, 0.25) is 0 Å². The third-order valence-electron chi connectivity index (χ3n) is 4.44. The summed E-state index contributed by atoms with van der Waals surface area (Å²) in [5.41, 5.74) is 3.38. The number of halogens is 2. The lowest BCUT2D eigenvalue weighted by molar-refractivity contribution is -0.00171. The number of benzene rings is 2. The highest BCUT2D eigenvalue weighted by atomic mass is 35.5. The molecule has 0 aliphatic carbocycles. The minimum Gasteiger partial charge on any atom is -0.365 e. The van der Waals surface area contributed by atoms with Crippen molar-refractivity contribution in [3.63, 3.8) is 0 Å². The zero-order chi connectivity index (χ0) is 19.0. The van der Waals surface area contributed by atoms with Gasteiger partial charge in [-0.1, -0.05) is 46.6 Å². The van der Waals surface area contributed by atoms with E-state index in [4.69, 9.17) is 16.3 Å². The zero-order valence-corrected chi connectivity index (χ0v) is 15.2. The SMILES string of the molecule is Cc1ccc([C@@H]2Cn3nnc(C(=O)Nc4ccc(F)c(Cl)c4)c3CO2)cc1. The lowest BCUT2D eigenvalue weighted by Gasteiger charge is -2.24. The third kappa shape index (κ3) is 3.56. The highest BCUT2D eigenvalue weighted by Gasteiger charge is 2.27. The Morgan fingerprint density at radius 2 is 2.07 bits per heavy atom. The van der Waals surface area contributed by atoms with E-state index in [1.165, 1.54) is 23.8 Å². The van der Waals surface area contributed by atoms with Crippen LogP contribution >= 0.6 is 11.6 Å². The molecule has 27 heavy (non-hydrogen) atoms. The fourth-order valence-corrected chi connectivity index (χ4v) is 3.12. The maximum Gasteiger partial charge on any atom is 0.278 e. The molecule has 0 saturated carbocycles. The van der Waals surface area contributed by atoms with E-state index in [0.717, 1.165) is 5.56 Å². The highest BCUT2D eigenvalue weighted by molar-refractivity contribution is 6.31. The first-order valence-corrected chi connectivity index (χ1v) is 8.76. The number of aromatic nitrogens is 3. The van der Waals surface area contributed by atoms with Crippen LogP contribution in [0.3, 0.4) is 0 Å². The van der Waals surface area contributed by atoms with E-state index in [0.29, 0.717) is 17.9 Å². The van der Waals surface area contributed by atoms with Crippen LogP contribution in [-0.4, -0.2) is 20.9 Å². The number of ether oxygens (including phenoxy) is 1. The van der Waals surface area contributed by atoms with Gasteiger partial charge in [-0.05, 0) is 30.7 Å². The maximum atomic E-state index is 13.2. The van der Waals surface area contributed by atoms with Crippen molar-refractivity contribution >= 4 is 23.2 Å². The monoisotopic (exact) mass is 386 g/mol. The lowest BCUT2D eigenvalue weighted by atomic mass is 10.1. The second-order valence-corrected chi connectivity index (χ2v) is 6.77. The summed E-state index contributed by atoms with van der Waals surface area (Å²) in [7, 11) is 0. The summed E-state index contributed by atoms with van der Waals surface area (Å²) in [6, 6.07) is 12.1. The van der Waals surface area contributed by atoms with E-state index in [-0.39, 0.29) is 23.4 Å². The van der Waals surface area contributed by atoms with Crippen LogP contribution in [-0.2, 0) is 17.9 Å². The number of nitrogens with zero attached hydrogens (tertiary/aromatic N) is 3. The molecule has 1 N–H and O–H groups in total. The van der Waals surface area contributed by atoms with Gasteiger partial charge in [0.15, 0.2) is 5.69 Å². The average molecular weight is 387 g/mol. The van der Waals surface area contributed by atoms with Crippen molar-refractivity contribution in [2.45, 2.75) is 26.2 Å². The van der Waals surface area contributed by atoms with E-state index < -0.39 is 11.7 Å². The molecule has 1 aliphatic heterocycles. The number of hydrogen-bond acceptors (Lipinski definition) is 4. The number of hydrogen-bond donors (Lipinski definition) is 1. The molecule has 0 fully saturated rings. The summed E-state index contributed by atoms with van der Waals surface area (Å²) in [6.45, 7) is 2.72. The van der Waals surface area contributed by atoms with Gasteiger partial charge in [0.25, 0.3) is 5.91 Å². The molecule has 1 amide bonds. The topological polar surface area (TPSA) is 69.0 Å². The average Bonchev–Trinajstić information content (AvgIpc) is 3.08. The fraction of sp³-hybridized carbons (Fsp3) is 0.211. The largest absolute Gasteiger partial charge is 0.365 e. The molecular formula is C19H16ClFN4O2. The number of anilines is 1. The second kappa shape index (κ2) is 7.09. The molecule has 0 saturated heterocycles. The van der Waals surface area contributed by atoms with E-state index in [9.17, 15) is 9.18 Å². The molecule has 0 unspecified atom stereocenters. The minimum atomic E-state index is -0.550. The van der Waals surface area contributed by atoms with Crippen molar-refractivity contribution in [3.8, 4) is 0 Å². The van der Waals surface area contributed by atoms with Crippen molar-refractivity contribution in [1.29, 1.82) is 0 Å². The molecule has 6 nitrogen and oxygen atoms in total. The Bertz CT molecular complexity index is 1000. The summed E-state index contributed by atoms with van der Waals surface area (Å²) >= 11 is 5.74. The van der Waals surface area contributed by atoms with E-state index in [2.05, 4.69) is 15.6 Å². The molecule has 8 heteroatoms. The van der Waals surface area contributed by atoms with Crippen molar-refractivity contribution in [2.24, 2.45) is 0 Å². The smallest absolute Gasteiger partial charge is 0.278 e. The summed E-state index contributed by atoms with van der Waals surface area (Å²) < 4.78 is 20.8. The Hall–Kier alpha value is -2.77. The molecule has 4 rings (SSSR count). The minimum absolute atomic E-state index is 0.0675. The Morgan fingerprint density at radius 3 is 2.81 bits per heavy atom. The molecule has 0 bridgehead atoms. The van der Waals surface area contributed by atoms with Gasteiger partial charge in [-0.25, -0.2) is 9.07 Å². The van der Waals surface area contributed by atoms with E-state index in [1.54, 1.807) is 4.68 Å². The molecule has 138 valence electrons. The molecule has 1 aliphatic rings. The maximum absolute atomic E-state index is 13.2. The van der Waals surface area contributed by atoms with Crippen LogP contribution in [0.2, 0.25) is 5.02 Å². The van der Waals surface area contributed by atoms with Crippen molar-refractivity contribution in [2.75, 3.05) is 5.32 Å². The summed E-state index contributed by atoms with van der Waals surface area (Å²) in [4.78, 5) is 12.5. The molecule has 1 aromatic heterocycles. The Balaban J connectivity index is 1.51. The number of amides is 1. The predicted molar refractivity (Wildman–Crippen MR) is 98.1 cm³/mol. The molecule has 2 heterocycles. The second-order valence-electron chi connectivity index (χ2n) is 6.36. The van der Waals surface area contributed by atoms with Crippen LogP contribution in [0, 0.1) is 12.7 Å². The van der Waals surface area contributed by atoms with Gasteiger partial charge in [-0.15, -0.1) is 5.10 Å². The van der Waals surface area contributed by atoms with Crippen LogP contribution in [0.1, 0.15) is 33.4 Å². The first kappa shape index (κ1) is 17.6. The van der Waals surface area contributed by atoms with Gasteiger partial charge in [0.05, 0.1) is 23.9 Å². The number of rotatable bonds is 3. The molecule has 2 aromatic carbocycles. The zero-order valence-electron chi connectivity index (χ0n) is 14.4. The first-order valence-electron chi connectivity index (χ1n) is 8.38. The van der Waals surface area contributed by atoms with E-state index >= 15 is 0 Å². The quantitative estimate of drug-likeness (QED) is 0.741. The molecule has 0 spiro atoms. The van der Waals surface area contributed by atoms with Crippen LogP contribution in [0.4, 0.5) is 10.1 Å². The number of carbonyl (C=O) groups excluding carboxylic acids is 1. The van der Waals surface area contributed by atoms with Crippen molar-refractivity contribution < 1.29 is 13.9 Å². The standard InChI is InChI=1S/C19H16ClFN4O2/c1-11-2-4-12(5-3-11)17-9-25-16(10-27-17)18(23-24-25)19(26)22-13-6-7-15(21)14(20)8-13/h2-8,17H,9-10H2,1H3,(H,22,26)/t17-/m0/s1. The van der Waals surface area contributed by atoms with Crippen LogP contribution in [0.15, 0.2) is 42.5 Å². The lowest BCUT2D eigenvalue weighted by Crippen LogP contribution is -2.24. The summed E-state index contributed by atoms with van der Waals surface area (Å²) in [5.74, 6) is -0.998. The van der Waals surface area contributed by atoms with Gasteiger partial charge in [-0.3, -0.25) is 4.79 Å². The summed E-state index contributed by atoms with van der Waals surface area (Å²) in [6.07, 6.45) is -0.147. The van der Waals surface area contributed by atoms with Crippen molar-refractivity contribution in [1.82, 2.24) is 15.0 Å². The predicted octanol–water partition coefficient (Wildman–Crippen LogP) is 3.90. The van der Waals surface area contributed by atoms with Crippen molar-refractivity contribution in [3.05, 3.63) is 75.8 Å². The number of carbonyl (C=O) groups is 1. The normalized spacial score (nSPS) is 16.0. The molecular weight excluding hydrogens is 371 g/mol. The van der Waals surface area contributed by atoms with E-state index in [1.807, 2.05) is 31.2 Å². The van der Waals surface area contributed by atoms with Crippen LogP contribution in [0.5, 0.6) is 0 Å². The van der Waals surface area contributed by atoms with Gasteiger partial charge in [0, 0.05) is 5.69 Å². The molecule has 0 radical (unpaired) electrons. The number of nitrogens with one attached hydrogen (secondary N) is 1. The number of fused-ring (bicyclic) bond motifs is 1. The highest BCUT2D eigenvalue weighted by Crippen LogP contribution is 2.27. The molecule has 1 atom stereocenters. The van der Waals surface area contributed by atoms with Crippen LogP contribution < -0.4 is 5.32 Å². The Kier molecular flexibility index (Phi) is 4.63. The number of aryl methyl sites for hydroxylation is 1. The first-order chi connectivity index (χ1) is 13.0. The van der Waals surface area contributed by atoms with Gasteiger partial charge in [0.1, 0.15) is 11.9 Å². The van der Waals surface area contributed by atoms with Gasteiger partial charge in [-0.2, -0.15) is 0 Å². The van der Waals surface area contributed by atoms with Crippen LogP contribution in [0.25, 0.3) is 0 Å². The fourth-order valence-electron chi connectivity index (χ4n) is 2.93. The summed E-state index contributed by atoms with van der Waals surface area (Å²) in [5, 5.41) is 10.7. The Labute approximate surface area is 159 Å².